The van der Waals surface area contributed by atoms with E-state index in [0.717, 1.165) is 33.8 Å². The van der Waals surface area contributed by atoms with E-state index >= 15 is 0 Å². The van der Waals surface area contributed by atoms with Crippen molar-refractivity contribution in [1.82, 2.24) is 9.97 Å². The average molecular weight is 698 g/mol. The summed E-state index contributed by atoms with van der Waals surface area (Å²) in [5, 5.41) is 0. The van der Waals surface area contributed by atoms with Gasteiger partial charge in [-0.15, -0.1) is 35.9 Å². The van der Waals surface area contributed by atoms with Crippen LogP contribution in [0.3, 0.4) is 0 Å². The Balaban J connectivity index is 0.00000164. The van der Waals surface area contributed by atoms with Gasteiger partial charge in [0.25, 0.3) is 0 Å². The molecule has 194 valence electrons. The molecule has 2 nitrogen and oxygen atoms in total. The van der Waals surface area contributed by atoms with Crippen molar-refractivity contribution in [1.29, 1.82) is 0 Å². The molecule has 38 heavy (non-hydrogen) atoms. The zero-order chi connectivity index (χ0) is 27.4. The zero-order valence-electron chi connectivity index (χ0n) is 22.6. The molecule has 2 aromatic heterocycles. The molecule has 0 amide bonds. The Bertz CT molecular complexity index is 1530. The maximum absolute atomic E-state index is 5.03. The van der Waals surface area contributed by atoms with E-state index in [1.54, 1.807) is 18.8 Å². The molecular formula is C34H31ClN2Pt. The molecule has 2 heterocycles. The van der Waals surface area contributed by atoms with Gasteiger partial charge < -0.3 is 0 Å². The van der Waals surface area contributed by atoms with Crippen LogP contribution in [0.2, 0.25) is 0 Å². The second kappa shape index (κ2) is 12.2. The number of hydrogen-bond acceptors (Lipinski definition) is 2. The molecule has 0 bridgehead atoms. The molecular weight excluding hydrogens is 667 g/mol. The fourth-order valence-corrected chi connectivity index (χ4v) is 5.46. The second-order valence-electron chi connectivity index (χ2n) is 9.88. The fraction of sp³-hybridized carbons (Fsp3) is 0.176. The summed E-state index contributed by atoms with van der Waals surface area (Å²) in [6.45, 7) is 13.0. The number of pyridine rings is 2. The van der Waals surface area contributed by atoms with E-state index in [0.29, 0.717) is 0 Å². The van der Waals surface area contributed by atoms with Crippen molar-refractivity contribution in [2.75, 3.05) is 0 Å². The molecule has 0 atom stereocenters. The maximum atomic E-state index is 5.03. The van der Waals surface area contributed by atoms with Crippen LogP contribution in [0.5, 0.6) is 0 Å². The van der Waals surface area contributed by atoms with E-state index in [2.05, 4.69) is 112 Å². The van der Waals surface area contributed by atoms with Gasteiger partial charge in [0.2, 0.25) is 0 Å². The van der Waals surface area contributed by atoms with Crippen LogP contribution in [0, 0.1) is 47.6 Å². The number of benzene rings is 3. The van der Waals surface area contributed by atoms with Gasteiger partial charge in [0, 0.05) is 11.8 Å². The predicted molar refractivity (Wildman–Crippen MR) is 157 cm³/mol. The monoisotopic (exact) mass is 697 g/mol. The van der Waals surface area contributed by atoms with E-state index in [1.807, 2.05) is 24.4 Å². The van der Waals surface area contributed by atoms with Crippen molar-refractivity contribution >= 4 is 9.42 Å². The summed E-state index contributed by atoms with van der Waals surface area (Å²) in [4.78, 5) is 9.92. The van der Waals surface area contributed by atoms with Crippen molar-refractivity contribution in [3.05, 3.63) is 118 Å². The normalized spacial score (nSPS) is 10.7. The number of rotatable bonds is 4. The summed E-state index contributed by atoms with van der Waals surface area (Å²) in [7, 11) is 4.61. The molecule has 3 aromatic carbocycles. The zero-order valence-corrected chi connectivity index (χ0v) is 25.6. The Kier molecular flexibility index (Phi) is 8.98. The van der Waals surface area contributed by atoms with Crippen molar-refractivity contribution in [3.8, 4) is 44.9 Å². The summed E-state index contributed by atoms with van der Waals surface area (Å²) in [6.07, 6.45) is 1.98. The van der Waals surface area contributed by atoms with Crippen LogP contribution in [0.4, 0.5) is 0 Å². The van der Waals surface area contributed by atoms with Gasteiger partial charge in [-0.25, -0.2) is 0 Å². The molecule has 5 aromatic rings. The summed E-state index contributed by atoms with van der Waals surface area (Å²) >= 11 is 1.61. The molecule has 0 aliphatic rings. The van der Waals surface area contributed by atoms with Gasteiger partial charge in [-0.3, -0.25) is 9.97 Å². The van der Waals surface area contributed by atoms with Gasteiger partial charge in [0.15, 0.2) is 0 Å². The van der Waals surface area contributed by atoms with Gasteiger partial charge >= 0.3 is 28.2 Å². The average Bonchev–Trinajstić information content (AvgIpc) is 2.89. The molecule has 0 unspecified atom stereocenters. The molecule has 0 saturated carbocycles. The quantitative estimate of drug-likeness (QED) is 0.175. The summed E-state index contributed by atoms with van der Waals surface area (Å²) in [5.74, 6) is 0. The van der Waals surface area contributed by atoms with Crippen LogP contribution < -0.4 is 0 Å². The number of aryl methyl sites for hydroxylation is 6. The van der Waals surface area contributed by atoms with Crippen LogP contribution >= 0.6 is 9.42 Å². The number of aromatic nitrogens is 2. The van der Waals surface area contributed by atoms with Crippen molar-refractivity contribution < 1.29 is 18.8 Å². The SMILES string of the molecule is Cc1cc(C)c(-c2ccc(-c3cc(-c4c(C)cc(C)cc4C)cc(-c4[c-]cccc4)n3)nc2)c(C)c1.[Cl][Pt+]. The van der Waals surface area contributed by atoms with Crippen molar-refractivity contribution in [3.63, 3.8) is 0 Å². The van der Waals surface area contributed by atoms with Crippen LogP contribution in [0.15, 0.2) is 79.0 Å². The van der Waals surface area contributed by atoms with Crippen LogP contribution in [0.25, 0.3) is 44.9 Å². The first-order chi connectivity index (χ1) is 18.3. The molecule has 0 spiro atoms. The minimum absolute atomic E-state index is 0.864. The van der Waals surface area contributed by atoms with Crippen LogP contribution in [-0.4, -0.2) is 9.97 Å². The van der Waals surface area contributed by atoms with Crippen molar-refractivity contribution in [2.24, 2.45) is 0 Å². The predicted octanol–water partition coefficient (Wildman–Crippen LogP) is 9.48. The third-order valence-corrected chi connectivity index (χ3v) is 6.77. The van der Waals surface area contributed by atoms with E-state index in [-0.39, 0.29) is 0 Å². The first-order valence-corrected chi connectivity index (χ1v) is 15.4. The van der Waals surface area contributed by atoms with Gasteiger partial charge in [0.1, 0.15) is 0 Å². The Hall–Kier alpha value is -3.06. The molecule has 4 heteroatoms. The first kappa shape index (κ1) is 28.0. The van der Waals surface area contributed by atoms with Crippen LogP contribution in [-0.2, 0) is 18.8 Å². The molecule has 5 rings (SSSR count). The Labute approximate surface area is 242 Å². The number of nitrogens with zero attached hydrogens (tertiary/aromatic N) is 2. The Morgan fingerprint density at radius 3 is 1.66 bits per heavy atom. The first-order valence-electron chi connectivity index (χ1n) is 12.5. The molecule has 0 N–H and O–H groups in total. The van der Waals surface area contributed by atoms with Crippen molar-refractivity contribution in [2.45, 2.75) is 41.5 Å². The molecule has 0 aliphatic heterocycles. The van der Waals surface area contributed by atoms with E-state index in [1.165, 1.54) is 44.5 Å². The number of hydrogen-bond donors (Lipinski definition) is 0. The molecule has 0 saturated heterocycles. The van der Waals surface area contributed by atoms with E-state index < -0.39 is 0 Å². The molecule has 0 radical (unpaired) electrons. The fourth-order valence-electron chi connectivity index (χ4n) is 5.46. The third-order valence-electron chi connectivity index (χ3n) is 6.77. The third kappa shape index (κ3) is 5.98. The van der Waals surface area contributed by atoms with Gasteiger partial charge in [-0.05, 0) is 98.3 Å². The summed E-state index contributed by atoms with van der Waals surface area (Å²) in [6, 6.07) is 28.9. The topological polar surface area (TPSA) is 25.8 Å². The Morgan fingerprint density at radius 2 is 1.16 bits per heavy atom. The van der Waals surface area contributed by atoms with Crippen LogP contribution in [0.1, 0.15) is 33.4 Å². The van der Waals surface area contributed by atoms with Gasteiger partial charge in [0.05, 0.1) is 11.4 Å². The van der Waals surface area contributed by atoms with Gasteiger partial charge in [-0.1, -0.05) is 47.5 Å². The number of halogens is 1. The summed E-state index contributed by atoms with van der Waals surface area (Å²) < 4.78 is 0. The van der Waals surface area contributed by atoms with Gasteiger partial charge in [-0.2, -0.15) is 0 Å². The molecule has 0 fully saturated rings. The standard InChI is InChI=1S/C34H31N2.ClH.Pt/c1-21-14-23(3)33(24(4)15-21)28-12-13-30(35-20-28)32-19-29(34-25(5)16-22(2)17-26(34)6)18-31(36-32)27-10-8-7-9-11-27;;/h7-10,12-20H,1-6H3;1H;/q-1;;+2/p-1. The van der Waals surface area contributed by atoms with E-state index in [9.17, 15) is 0 Å². The minimum atomic E-state index is 0.864. The Morgan fingerprint density at radius 1 is 0.605 bits per heavy atom. The molecule has 0 aliphatic carbocycles. The van der Waals surface area contributed by atoms with E-state index in [4.69, 9.17) is 9.97 Å². The summed E-state index contributed by atoms with van der Waals surface area (Å²) in [5.41, 5.74) is 16.0. The second-order valence-corrected chi connectivity index (χ2v) is 9.88.